The first kappa shape index (κ1) is 19.6. The summed E-state index contributed by atoms with van der Waals surface area (Å²) in [5, 5.41) is 0. The highest BCUT2D eigenvalue weighted by molar-refractivity contribution is 4.82. The van der Waals surface area contributed by atoms with Crippen LogP contribution in [0.2, 0.25) is 0 Å². The van der Waals surface area contributed by atoms with Gasteiger partial charge in [0, 0.05) is 6.42 Å². The summed E-state index contributed by atoms with van der Waals surface area (Å²) in [7, 11) is 0. The van der Waals surface area contributed by atoms with Gasteiger partial charge in [-0.15, -0.1) is 12.3 Å². The average Bonchev–Trinajstić information content (AvgIpc) is 2.45. The van der Waals surface area contributed by atoms with Crippen LogP contribution in [0.25, 0.3) is 0 Å². The van der Waals surface area contributed by atoms with Gasteiger partial charge in [0.05, 0.1) is 0 Å². The fourth-order valence-electron chi connectivity index (χ4n) is 2.84. The van der Waals surface area contributed by atoms with Crippen LogP contribution in [0.1, 0.15) is 110 Å². The summed E-state index contributed by atoms with van der Waals surface area (Å²) in [5.74, 6) is 3.65. The predicted octanol–water partition coefficient (Wildman–Crippen LogP) is 7.13. The Morgan fingerprint density at radius 1 is 0.700 bits per heavy atom. The molecule has 0 aromatic rings. The molecule has 0 aliphatic rings. The van der Waals surface area contributed by atoms with Crippen LogP contribution in [0, 0.1) is 18.3 Å². The molecule has 0 bridgehead atoms. The lowest BCUT2D eigenvalue weighted by Gasteiger charge is -2.10. The van der Waals surface area contributed by atoms with E-state index in [4.69, 9.17) is 6.42 Å². The number of hydrogen-bond donors (Lipinski definition) is 0. The summed E-state index contributed by atoms with van der Waals surface area (Å²) < 4.78 is 0. The van der Waals surface area contributed by atoms with E-state index in [9.17, 15) is 0 Å². The minimum Gasteiger partial charge on any atom is -0.120 e. The van der Waals surface area contributed by atoms with Gasteiger partial charge in [-0.05, 0) is 12.3 Å². The van der Waals surface area contributed by atoms with E-state index in [1.807, 2.05) is 0 Å². The molecule has 0 aromatic carbocycles. The first-order valence-corrected chi connectivity index (χ1v) is 9.24. The second-order valence-corrected chi connectivity index (χ2v) is 6.53. The van der Waals surface area contributed by atoms with Gasteiger partial charge in [0.2, 0.25) is 0 Å². The second kappa shape index (κ2) is 16.6. The van der Waals surface area contributed by atoms with Gasteiger partial charge in [-0.1, -0.05) is 97.3 Å². The largest absolute Gasteiger partial charge is 0.120 e. The van der Waals surface area contributed by atoms with Gasteiger partial charge in [0.15, 0.2) is 0 Å². The van der Waals surface area contributed by atoms with Crippen LogP contribution in [-0.4, -0.2) is 0 Å². The highest BCUT2D eigenvalue weighted by Crippen LogP contribution is 2.18. The van der Waals surface area contributed by atoms with Crippen molar-refractivity contribution in [2.45, 2.75) is 110 Å². The van der Waals surface area contributed by atoms with Crippen molar-refractivity contribution in [2.24, 2.45) is 5.92 Å². The normalized spacial score (nSPS) is 12.2. The zero-order chi connectivity index (χ0) is 14.9. The zero-order valence-electron chi connectivity index (χ0n) is 14.3. The van der Waals surface area contributed by atoms with Gasteiger partial charge in [0.25, 0.3) is 0 Å². The van der Waals surface area contributed by atoms with Crippen molar-refractivity contribution in [3.05, 3.63) is 0 Å². The summed E-state index contributed by atoms with van der Waals surface area (Å²) in [6.07, 6.45) is 26.0. The van der Waals surface area contributed by atoms with Crippen LogP contribution in [-0.2, 0) is 0 Å². The van der Waals surface area contributed by atoms with Crippen LogP contribution in [0.4, 0.5) is 0 Å². The SMILES string of the molecule is C#CCCCCCC(C)CCCCCCCCCCC. The van der Waals surface area contributed by atoms with Crippen LogP contribution in [0.15, 0.2) is 0 Å². The van der Waals surface area contributed by atoms with Gasteiger partial charge in [-0.2, -0.15) is 0 Å². The smallest absolute Gasteiger partial charge is 0.00860 e. The molecule has 0 amide bonds. The molecule has 0 aliphatic carbocycles. The molecular weight excluding hydrogens is 240 g/mol. The molecule has 0 N–H and O–H groups in total. The Bertz CT molecular complexity index is 211. The molecule has 0 fully saturated rings. The highest BCUT2D eigenvalue weighted by Gasteiger charge is 2.01. The van der Waals surface area contributed by atoms with E-state index < -0.39 is 0 Å². The quantitative estimate of drug-likeness (QED) is 0.221. The lowest BCUT2D eigenvalue weighted by molar-refractivity contribution is 0.434. The summed E-state index contributed by atoms with van der Waals surface area (Å²) in [6.45, 7) is 4.71. The molecule has 0 heterocycles. The Morgan fingerprint density at radius 2 is 1.15 bits per heavy atom. The van der Waals surface area contributed by atoms with Crippen molar-refractivity contribution in [1.82, 2.24) is 0 Å². The fourth-order valence-corrected chi connectivity index (χ4v) is 2.84. The molecule has 0 aliphatic heterocycles. The van der Waals surface area contributed by atoms with Gasteiger partial charge in [-0.3, -0.25) is 0 Å². The fraction of sp³-hybridized carbons (Fsp3) is 0.900. The second-order valence-electron chi connectivity index (χ2n) is 6.53. The van der Waals surface area contributed by atoms with Gasteiger partial charge >= 0.3 is 0 Å². The van der Waals surface area contributed by atoms with Gasteiger partial charge in [-0.25, -0.2) is 0 Å². The Morgan fingerprint density at radius 3 is 1.65 bits per heavy atom. The molecule has 1 atom stereocenters. The summed E-state index contributed by atoms with van der Waals surface area (Å²) in [6, 6.07) is 0. The molecule has 1 unspecified atom stereocenters. The molecular formula is C20H38. The minimum atomic E-state index is 0.922. The third-order valence-corrected chi connectivity index (χ3v) is 4.32. The molecule has 0 nitrogen and oxygen atoms in total. The van der Waals surface area contributed by atoms with Crippen molar-refractivity contribution in [1.29, 1.82) is 0 Å². The molecule has 20 heavy (non-hydrogen) atoms. The molecule has 0 heteroatoms. The van der Waals surface area contributed by atoms with Gasteiger partial charge in [0.1, 0.15) is 0 Å². The summed E-state index contributed by atoms with van der Waals surface area (Å²) in [5.41, 5.74) is 0. The Kier molecular flexibility index (Phi) is 16.2. The van der Waals surface area contributed by atoms with Crippen LogP contribution in [0.3, 0.4) is 0 Å². The Labute approximate surface area is 129 Å². The van der Waals surface area contributed by atoms with Crippen molar-refractivity contribution >= 4 is 0 Å². The minimum absolute atomic E-state index is 0.922. The topological polar surface area (TPSA) is 0 Å². The van der Waals surface area contributed by atoms with Crippen LogP contribution in [0.5, 0.6) is 0 Å². The van der Waals surface area contributed by atoms with E-state index in [1.54, 1.807) is 0 Å². The van der Waals surface area contributed by atoms with E-state index >= 15 is 0 Å². The third kappa shape index (κ3) is 15.6. The first-order chi connectivity index (χ1) is 9.81. The van der Waals surface area contributed by atoms with Crippen LogP contribution >= 0.6 is 0 Å². The lowest BCUT2D eigenvalue weighted by Crippen LogP contribution is -1.95. The number of terminal acetylenes is 1. The summed E-state index contributed by atoms with van der Waals surface area (Å²) >= 11 is 0. The molecule has 0 radical (unpaired) electrons. The lowest BCUT2D eigenvalue weighted by atomic mass is 9.96. The van der Waals surface area contributed by atoms with Crippen molar-refractivity contribution in [3.63, 3.8) is 0 Å². The zero-order valence-corrected chi connectivity index (χ0v) is 14.3. The predicted molar refractivity (Wildman–Crippen MR) is 92.9 cm³/mol. The van der Waals surface area contributed by atoms with E-state index in [0.717, 1.165) is 12.3 Å². The maximum atomic E-state index is 5.26. The first-order valence-electron chi connectivity index (χ1n) is 9.24. The molecule has 118 valence electrons. The number of unbranched alkanes of at least 4 members (excludes halogenated alkanes) is 11. The Balaban J connectivity index is 3.11. The molecule has 0 aromatic heterocycles. The van der Waals surface area contributed by atoms with E-state index in [1.165, 1.54) is 89.9 Å². The molecule has 0 rings (SSSR count). The van der Waals surface area contributed by atoms with Crippen LogP contribution < -0.4 is 0 Å². The monoisotopic (exact) mass is 278 g/mol. The standard InChI is InChI=1S/C20H38/c1-4-6-8-10-11-12-13-15-17-19-20(3)18-16-14-9-7-5-2/h2,20H,4,6-19H2,1,3H3. The molecule has 0 spiro atoms. The van der Waals surface area contributed by atoms with E-state index in [0.29, 0.717) is 0 Å². The van der Waals surface area contributed by atoms with Crippen molar-refractivity contribution < 1.29 is 0 Å². The maximum Gasteiger partial charge on any atom is 0.00860 e. The van der Waals surface area contributed by atoms with Crippen molar-refractivity contribution in [3.8, 4) is 12.3 Å². The summed E-state index contributed by atoms with van der Waals surface area (Å²) in [4.78, 5) is 0. The maximum absolute atomic E-state index is 5.26. The average molecular weight is 279 g/mol. The third-order valence-electron chi connectivity index (χ3n) is 4.32. The Hall–Kier alpha value is -0.440. The number of rotatable bonds is 15. The van der Waals surface area contributed by atoms with E-state index in [-0.39, 0.29) is 0 Å². The molecule has 0 saturated carbocycles. The van der Waals surface area contributed by atoms with Gasteiger partial charge < -0.3 is 0 Å². The van der Waals surface area contributed by atoms with Crippen molar-refractivity contribution in [2.75, 3.05) is 0 Å². The molecule has 0 saturated heterocycles. The highest BCUT2D eigenvalue weighted by atomic mass is 14.1. The van der Waals surface area contributed by atoms with E-state index in [2.05, 4.69) is 19.8 Å². The number of hydrogen-bond acceptors (Lipinski definition) is 0.